The van der Waals surface area contributed by atoms with E-state index in [0.29, 0.717) is 5.56 Å². The predicted octanol–water partition coefficient (Wildman–Crippen LogP) is 4.32. The Bertz CT molecular complexity index is 398. The predicted molar refractivity (Wildman–Crippen MR) is 74.2 cm³/mol. The zero-order valence-corrected chi connectivity index (χ0v) is 12.0. The first-order chi connectivity index (χ1) is 7.47. The third-order valence-electron chi connectivity index (χ3n) is 2.61. The molecule has 1 aromatic rings. The summed E-state index contributed by atoms with van der Waals surface area (Å²) in [6.45, 7) is 3.91. The maximum absolute atomic E-state index is 10.9. The van der Waals surface area contributed by atoms with Crippen LogP contribution in [0.1, 0.15) is 31.7 Å². The summed E-state index contributed by atoms with van der Waals surface area (Å²) < 4.78 is 0.864. The number of nitro groups is 1. The fourth-order valence-corrected chi connectivity index (χ4v) is 2.22. The monoisotopic (exact) mass is 353 g/mol. The van der Waals surface area contributed by atoms with Crippen molar-refractivity contribution in [3.8, 4) is 0 Å². The molecule has 3 nitrogen and oxygen atoms in total. The molecule has 2 atom stereocenters. The number of hydrogen-bond acceptors (Lipinski definition) is 2. The molecule has 0 heterocycles. The molecule has 0 fully saturated rings. The van der Waals surface area contributed by atoms with Crippen molar-refractivity contribution < 1.29 is 4.92 Å². The maximum atomic E-state index is 10.9. The highest BCUT2D eigenvalue weighted by Gasteiger charge is 2.23. The van der Waals surface area contributed by atoms with Gasteiger partial charge in [-0.3, -0.25) is 10.1 Å². The number of halogens is 2. The minimum Gasteiger partial charge on any atom is -0.258 e. The van der Waals surface area contributed by atoms with Crippen LogP contribution in [0.2, 0.25) is 0 Å². The van der Waals surface area contributed by atoms with Crippen molar-refractivity contribution in [1.82, 2.24) is 0 Å². The molecule has 2 unspecified atom stereocenters. The molecule has 0 spiro atoms. The lowest BCUT2D eigenvalue weighted by Gasteiger charge is -2.16. The molecule has 16 heavy (non-hydrogen) atoms. The molecule has 0 aliphatic rings. The van der Waals surface area contributed by atoms with E-state index >= 15 is 0 Å². The molecule has 0 amide bonds. The second kappa shape index (κ2) is 5.82. The van der Waals surface area contributed by atoms with E-state index in [2.05, 4.69) is 22.6 Å². The number of rotatable bonds is 4. The molecule has 5 heteroatoms. The van der Waals surface area contributed by atoms with Gasteiger partial charge in [0, 0.05) is 26.5 Å². The summed E-state index contributed by atoms with van der Waals surface area (Å²) in [6.07, 6.45) is 0.797. The van der Waals surface area contributed by atoms with E-state index in [1.807, 2.05) is 19.9 Å². The molecular weight excluding hydrogens is 340 g/mol. The lowest BCUT2D eigenvalue weighted by atomic mass is 9.94. The summed E-state index contributed by atoms with van der Waals surface area (Å²) >= 11 is 8.21. The van der Waals surface area contributed by atoms with Crippen molar-refractivity contribution in [1.29, 1.82) is 0 Å². The summed E-state index contributed by atoms with van der Waals surface area (Å²) in [6, 6.07) is 5.26. The fourth-order valence-electron chi connectivity index (χ4n) is 1.61. The molecule has 0 saturated heterocycles. The van der Waals surface area contributed by atoms with Crippen molar-refractivity contribution in [2.75, 3.05) is 0 Å². The van der Waals surface area contributed by atoms with Crippen LogP contribution in [0.3, 0.4) is 0 Å². The summed E-state index contributed by atoms with van der Waals surface area (Å²) in [5, 5.41) is 10.9. The van der Waals surface area contributed by atoms with Crippen LogP contribution in [0.25, 0.3) is 0 Å². The van der Waals surface area contributed by atoms with Crippen LogP contribution in [0.4, 0.5) is 5.69 Å². The molecule has 1 aromatic carbocycles. The molecule has 0 N–H and O–H groups in total. The first kappa shape index (κ1) is 13.7. The van der Waals surface area contributed by atoms with Crippen molar-refractivity contribution in [2.24, 2.45) is 0 Å². The Morgan fingerprint density at radius 1 is 1.56 bits per heavy atom. The van der Waals surface area contributed by atoms with E-state index in [9.17, 15) is 10.1 Å². The average Bonchev–Trinajstić information content (AvgIpc) is 2.26. The summed E-state index contributed by atoms with van der Waals surface area (Å²) in [7, 11) is 0. The molecule has 0 aliphatic carbocycles. The first-order valence-electron chi connectivity index (χ1n) is 5.05. The van der Waals surface area contributed by atoms with E-state index in [0.717, 1.165) is 9.99 Å². The lowest BCUT2D eigenvalue weighted by molar-refractivity contribution is -0.385. The smallest absolute Gasteiger partial charge is 0.258 e. The quantitative estimate of drug-likeness (QED) is 0.350. The number of benzene rings is 1. The van der Waals surface area contributed by atoms with E-state index in [1.165, 1.54) is 0 Å². The highest BCUT2D eigenvalue weighted by molar-refractivity contribution is 14.1. The van der Waals surface area contributed by atoms with Gasteiger partial charge in [-0.1, -0.05) is 19.9 Å². The third-order valence-corrected chi connectivity index (χ3v) is 3.97. The maximum Gasteiger partial charge on any atom is 0.273 e. The normalized spacial score (nSPS) is 14.5. The number of alkyl halides is 1. The lowest BCUT2D eigenvalue weighted by Crippen LogP contribution is -2.10. The van der Waals surface area contributed by atoms with Gasteiger partial charge in [0.25, 0.3) is 5.69 Å². The molecule has 0 aromatic heterocycles. The van der Waals surface area contributed by atoms with Crippen LogP contribution < -0.4 is 0 Å². The van der Waals surface area contributed by atoms with Gasteiger partial charge >= 0.3 is 0 Å². The van der Waals surface area contributed by atoms with E-state index < -0.39 is 0 Å². The van der Waals surface area contributed by atoms with Crippen LogP contribution >= 0.6 is 34.2 Å². The Morgan fingerprint density at radius 2 is 2.19 bits per heavy atom. The number of nitrogens with zero attached hydrogens (tertiary/aromatic N) is 1. The minimum atomic E-state index is -0.340. The van der Waals surface area contributed by atoms with Gasteiger partial charge < -0.3 is 0 Å². The zero-order valence-electron chi connectivity index (χ0n) is 9.11. The molecule has 88 valence electrons. The second-order valence-electron chi connectivity index (χ2n) is 3.67. The molecule has 0 radical (unpaired) electrons. The summed E-state index contributed by atoms with van der Waals surface area (Å²) in [5.41, 5.74) is 0.880. The van der Waals surface area contributed by atoms with Crippen LogP contribution in [0.15, 0.2) is 18.2 Å². The van der Waals surface area contributed by atoms with Crippen molar-refractivity contribution in [3.05, 3.63) is 37.4 Å². The van der Waals surface area contributed by atoms with Crippen molar-refractivity contribution >= 4 is 39.9 Å². The topological polar surface area (TPSA) is 43.1 Å². The average molecular weight is 354 g/mol. The molecule has 1 rings (SSSR count). The molecule has 0 bridgehead atoms. The van der Waals surface area contributed by atoms with Gasteiger partial charge in [-0.15, -0.1) is 11.6 Å². The highest BCUT2D eigenvalue weighted by atomic mass is 127. The van der Waals surface area contributed by atoms with Gasteiger partial charge in [-0.25, -0.2) is 0 Å². The first-order valence-corrected chi connectivity index (χ1v) is 6.56. The third kappa shape index (κ3) is 3.07. The SMILES string of the molecule is CCC(Cl)C(C)c1ccc(I)cc1[N+](=O)[O-]. The van der Waals surface area contributed by atoms with E-state index in [4.69, 9.17) is 11.6 Å². The zero-order chi connectivity index (χ0) is 12.3. The molecule has 0 aliphatic heterocycles. The largest absolute Gasteiger partial charge is 0.273 e. The Labute approximate surface area is 113 Å². The summed E-state index contributed by atoms with van der Waals surface area (Å²) in [4.78, 5) is 10.6. The van der Waals surface area contributed by atoms with Crippen LogP contribution in [-0.2, 0) is 0 Å². The Balaban J connectivity index is 3.17. The summed E-state index contributed by atoms with van der Waals surface area (Å²) in [5.74, 6) is -0.0101. The Kier molecular flexibility index (Phi) is 4.98. The number of nitro benzene ring substituents is 1. The van der Waals surface area contributed by atoms with E-state index in [1.54, 1.807) is 12.1 Å². The van der Waals surface area contributed by atoms with Crippen LogP contribution in [0, 0.1) is 13.7 Å². The molecule has 0 saturated carbocycles. The number of hydrogen-bond donors (Lipinski definition) is 0. The Hall–Kier alpha value is -0.360. The second-order valence-corrected chi connectivity index (χ2v) is 5.48. The van der Waals surface area contributed by atoms with Crippen molar-refractivity contribution in [3.63, 3.8) is 0 Å². The standard InChI is InChI=1S/C11H13ClINO2/c1-3-10(12)7(2)9-5-4-8(13)6-11(9)14(15)16/h4-7,10H,3H2,1-2H3. The molecular formula is C11H13ClINO2. The fraction of sp³-hybridized carbons (Fsp3) is 0.455. The van der Waals surface area contributed by atoms with Gasteiger partial charge in [-0.2, -0.15) is 0 Å². The van der Waals surface area contributed by atoms with E-state index in [-0.39, 0.29) is 21.9 Å². The van der Waals surface area contributed by atoms with Crippen molar-refractivity contribution in [2.45, 2.75) is 31.6 Å². The van der Waals surface area contributed by atoms with Crippen LogP contribution in [-0.4, -0.2) is 10.3 Å². The van der Waals surface area contributed by atoms with Gasteiger partial charge in [0.15, 0.2) is 0 Å². The highest BCUT2D eigenvalue weighted by Crippen LogP contribution is 2.33. The van der Waals surface area contributed by atoms with Gasteiger partial charge in [0.2, 0.25) is 0 Å². The minimum absolute atomic E-state index is 0.0101. The van der Waals surface area contributed by atoms with Crippen LogP contribution in [0.5, 0.6) is 0 Å². The van der Waals surface area contributed by atoms with Gasteiger partial charge in [0.1, 0.15) is 0 Å². The van der Waals surface area contributed by atoms with Gasteiger partial charge in [0.05, 0.1) is 4.92 Å². The Morgan fingerprint density at radius 3 is 2.69 bits per heavy atom. The van der Waals surface area contributed by atoms with Gasteiger partial charge in [-0.05, 0) is 35.1 Å².